The van der Waals surface area contributed by atoms with E-state index in [9.17, 15) is 9.59 Å². The average Bonchev–Trinajstić information content (AvgIpc) is 2.45. The molecule has 0 aliphatic carbocycles. The molecule has 0 aromatic heterocycles. The van der Waals surface area contributed by atoms with E-state index in [1.54, 1.807) is 18.2 Å². The molecule has 0 fully saturated rings. The van der Waals surface area contributed by atoms with E-state index in [4.69, 9.17) is 0 Å². The van der Waals surface area contributed by atoms with E-state index in [1.807, 2.05) is 12.1 Å². The zero-order valence-electron chi connectivity index (χ0n) is 10.8. The number of esters is 2. The second kappa shape index (κ2) is 7.72. The first-order valence-corrected chi connectivity index (χ1v) is 5.57. The van der Waals surface area contributed by atoms with Crippen LogP contribution in [0.5, 0.6) is 0 Å². The summed E-state index contributed by atoms with van der Waals surface area (Å²) in [7, 11) is 2.65. The number of hydrogen-bond donors (Lipinski definition) is 0. The van der Waals surface area contributed by atoms with Crippen molar-refractivity contribution in [2.75, 3.05) is 14.2 Å². The monoisotopic (exact) mass is 258 g/mol. The molecule has 4 heteroatoms. The third-order valence-electron chi connectivity index (χ3n) is 2.22. The van der Waals surface area contributed by atoms with Gasteiger partial charge in [0.2, 0.25) is 0 Å². The van der Waals surface area contributed by atoms with Crippen molar-refractivity contribution >= 4 is 18.0 Å². The lowest BCUT2D eigenvalue weighted by Gasteiger charge is -1.94. The Morgan fingerprint density at radius 2 is 1.84 bits per heavy atom. The fourth-order valence-corrected chi connectivity index (χ4v) is 1.20. The van der Waals surface area contributed by atoms with Crippen LogP contribution in [-0.4, -0.2) is 26.2 Å². The van der Waals surface area contributed by atoms with E-state index in [1.165, 1.54) is 20.3 Å². The highest BCUT2D eigenvalue weighted by Crippen LogP contribution is 2.05. The standard InChI is InChI=1S/C15H14O4/c1-18-14(16)5-3-4-12-6-8-13(9-7-12)10-11-15(17)19-2/h6-11H,5H2,1-2H3/b11-10+. The zero-order valence-corrected chi connectivity index (χ0v) is 10.8. The van der Waals surface area contributed by atoms with Crippen molar-refractivity contribution in [1.29, 1.82) is 0 Å². The van der Waals surface area contributed by atoms with Gasteiger partial charge in [-0.2, -0.15) is 0 Å². The van der Waals surface area contributed by atoms with Gasteiger partial charge in [-0.1, -0.05) is 24.0 Å². The van der Waals surface area contributed by atoms with Crippen molar-refractivity contribution < 1.29 is 19.1 Å². The normalized spacial score (nSPS) is 9.58. The molecule has 0 unspecified atom stereocenters. The summed E-state index contributed by atoms with van der Waals surface area (Å²) in [5.41, 5.74) is 1.66. The van der Waals surface area contributed by atoms with E-state index in [2.05, 4.69) is 21.3 Å². The molecule has 19 heavy (non-hydrogen) atoms. The zero-order chi connectivity index (χ0) is 14.1. The lowest BCUT2D eigenvalue weighted by Crippen LogP contribution is -1.96. The molecule has 0 aliphatic heterocycles. The Balaban J connectivity index is 2.64. The summed E-state index contributed by atoms with van der Waals surface area (Å²) in [6.45, 7) is 0. The van der Waals surface area contributed by atoms with Crippen LogP contribution in [0.25, 0.3) is 6.08 Å². The third kappa shape index (κ3) is 5.55. The van der Waals surface area contributed by atoms with Crippen molar-refractivity contribution in [2.24, 2.45) is 0 Å². The fraction of sp³-hybridized carbons (Fsp3) is 0.200. The Kier molecular flexibility index (Phi) is 5.90. The molecular formula is C15H14O4. The van der Waals surface area contributed by atoms with Crippen molar-refractivity contribution in [3.63, 3.8) is 0 Å². The lowest BCUT2D eigenvalue weighted by molar-refractivity contribution is -0.139. The minimum atomic E-state index is -0.401. The maximum atomic E-state index is 10.9. The van der Waals surface area contributed by atoms with Crippen LogP contribution in [0.4, 0.5) is 0 Å². The largest absolute Gasteiger partial charge is 0.468 e. The van der Waals surface area contributed by atoms with E-state index in [0.717, 1.165) is 11.1 Å². The summed E-state index contributed by atoms with van der Waals surface area (Å²) < 4.78 is 8.97. The quantitative estimate of drug-likeness (QED) is 0.471. The molecule has 4 nitrogen and oxygen atoms in total. The molecule has 0 spiro atoms. The van der Waals surface area contributed by atoms with Gasteiger partial charge in [-0.25, -0.2) is 4.79 Å². The van der Waals surface area contributed by atoms with Crippen molar-refractivity contribution in [1.82, 2.24) is 0 Å². The second-order valence-corrected chi connectivity index (χ2v) is 3.53. The molecule has 0 saturated heterocycles. The topological polar surface area (TPSA) is 52.6 Å². The van der Waals surface area contributed by atoms with Gasteiger partial charge in [-0.05, 0) is 23.8 Å². The molecule has 0 aliphatic rings. The molecular weight excluding hydrogens is 244 g/mol. The van der Waals surface area contributed by atoms with Gasteiger partial charge in [0.05, 0.1) is 14.2 Å². The Morgan fingerprint density at radius 3 is 2.42 bits per heavy atom. The number of ether oxygens (including phenoxy) is 2. The van der Waals surface area contributed by atoms with Gasteiger partial charge in [0.1, 0.15) is 6.42 Å². The highest BCUT2D eigenvalue weighted by molar-refractivity contribution is 5.86. The summed E-state index contributed by atoms with van der Waals surface area (Å²) in [5.74, 6) is 4.80. The second-order valence-electron chi connectivity index (χ2n) is 3.53. The predicted octanol–water partition coefficient (Wildman–Crippen LogP) is 1.79. The number of carbonyl (C=O) groups is 2. The summed E-state index contributed by atoms with van der Waals surface area (Å²) >= 11 is 0. The van der Waals surface area contributed by atoms with E-state index >= 15 is 0 Å². The maximum Gasteiger partial charge on any atom is 0.330 e. The van der Waals surface area contributed by atoms with Crippen LogP contribution < -0.4 is 0 Å². The highest BCUT2D eigenvalue weighted by atomic mass is 16.5. The maximum absolute atomic E-state index is 10.9. The van der Waals surface area contributed by atoms with Gasteiger partial charge in [0.25, 0.3) is 0 Å². The summed E-state index contributed by atoms with van der Waals surface area (Å²) in [6.07, 6.45) is 3.07. The predicted molar refractivity (Wildman–Crippen MR) is 71.0 cm³/mol. The lowest BCUT2D eigenvalue weighted by atomic mass is 10.1. The van der Waals surface area contributed by atoms with Gasteiger partial charge in [-0.15, -0.1) is 0 Å². The van der Waals surface area contributed by atoms with Crippen molar-refractivity contribution in [3.8, 4) is 11.8 Å². The number of carbonyl (C=O) groups excluding carboxylic acids is 2. The molecule has 0 radical (unpaired) electrons. The van der Waals surface area contributed by atoms with Gasteiger partial charge in [-0.3, -0.25) is 4.79 Å². The first kappa shape index (κ1) is 14.5. The number of rotatable bonds is 3. The Bertz CT molecular complexity index is 530. The van der Waals surface area contributed by atoms with Crippen LogP contribution in [0.1, 0.15) is 17.5 Å². The SMILES string of the molecule is COC(=O)/C=C/c1ccc(C#CCC(=O)OC)cc1. The molecule has 0 atom stereocenters. The van der Waals surface area contributed by atoms with Gasteiger partial charge < -0.3 is 9.47 Å². The van der Waals surface area contributed by atoms with E-state index < -0.39 is 5.97 Å². The van der Waals surface area contributed by atoms with Gasteiger partial charge >= 0.3 is 11.9 Å². The Hall–Kier alpha value is -2.54. The first-order valence-electron chi connectivity index (χ1n) is 5.57. The summed E-state index contributed by atoms with van der Waals surface area (Å²) in [6, 6.07) is 7.26. The van der Waals surface area contributed by atoms with Crippen LogP contribution in [0.3, 0.4) is 0 Å². The van der Waals surface area contributed by atoms with E-state index in [-0.39, 0.29) is 12.4 Å². The van der Waals surface area contributed by atoms with Crippen LogP contribution in [0.15, 0.2) is 30.3 Å². The number of hydrogen-bond acceptors (Lipinski definition) is 4. The molecule has 1 rings (SSSR count). The minimum Gasteiger partial charge on any atom is -0.468 e. The molecule has 0 bridgehead atoms. The first-order chi connectivity index (χ1) is 9.15. The van der Waals surface area contributed by atoms with Crippen molar-refractivity contribution in [3.05, 3.63) is 41.5 Å². The molecule has 0 N–H and O–H groups in total. The molecule has 0 amide bonds. The molecule has 1 aromatic carbocycles. The van der Waals surface area contributed by atoms with Crippen LogP contribution in [0.2, 0.25) is 0 Å². The number of methoxy groups -OCH3 is 2. The summed E-state index contributed by atoms with van der Waals surface area (Å²) in [5, 5.41) is 0. The molecule has 98 valence electrons. The Morgan fingerprint density at radius 1 is 1.16 bits per heavy atom. The number of benzene rings is 1. The molecule has 0 saturated carbocycles. The molecule has 1 aromatic rings. The average molecular weight is 258 g/mol. The van der Waals surface area contributed by atoms with E-state index in [0.29, 0.717) is 0 Å². The van der Waals surface area contributed by atoms with Crippen LogP contribution in [0, 0.1) is 11.8 Å². The van der Waals surface area contributed by atoms with Crippen molar-refractivity contribution in [2.45, 2.75) is 6.42 Å². The third-order valence-corrected chi connectivity index (χ3v) is 2.22. The Labute approximate surface area is 112 Å². The highest BCUT2D eigenvalue weighted by Gasteiger charge is 1.94. The minimum absolute atomic E-state index is 0.0699. The van der Waals surface area contributed by atoms with Gasteiger partial charge in [0.15, 0.2) is 0 Å². The smallest absolute Gasteiger partial charge is 0.330 e. The van der Waals surface area contributed by atoms with Crippen LogP contribution >= 0.6 is 0 Å². The van der Waals surface area contributed by atoms with Gasteiger partial charge in [0, 0.05) is 11.6 Å². The molecule has 0 heterocycles. The fourth-order valence-electron chi connectivity index (χ4n) is 1.20. The van der Waals surface area contributed by atoms with Crippen LogP contribution in [-0.2, 0) is 19.1 Å². The summed E-state index contributed by atoms with van der Waals surface area (Å²) in [4.78, 5) is 21.8.